The van der Waals surface area contributed by atoms with E-state index in [1.165, 1.54) is 6.07 Å². The van der Waals surface area contributed by atoms with E-state index in [4.69, 9.17) is 22.0 Å². The molecule has 2 aromatic rings. The molecule has 0 bridgehead atoms. The summed E-state index contributed by atoms with van der Waals surface area (Å²) in [4.78, 5) is 15.2. The zero-order valence-corrected chi connectivity index (χ0v) is 10.8. The van der Waals surface area contributed by atoms with Crippen molar-refractivity contribution in [3.8, 4) is 17.3 Å². The molecule has 1 aromatic heterocycles. The molecule has 1 N–H and O–H groups in total. The molecule has 94 valence electrons. The number of hydrogen-bond acceptors (Lipinski definition) is 3. The Labute approximate surface area is 114 Å². The minimum Gasteiger partial charge on any atom is -0.478 e. The van der Waals surface area contributed by atoms with E-state index in [-0.39, 0.29) is 11.1 Å². The maximum Gasteiger partial charge on any atom is 0.337 e. The number of carboxylic acids is 1. The van der Waals surface area contributed by atoms with Crippen LogP contribution in [-0.4, -0.2) is 16.1 Å². The zero-order chi connectivity index (χ0) is 14.0. The molecule has 0 aliphatic carbocycles. The quantitative estimate of drug-likeness (QED) is 0.910. The van der Waals surface area contributed by atoms with Crippen molar-refractivity contribution in [2.75, 3.05) is 0 Å². The Kier molecular flexibility index (Phi) is 3.50. The van der Waals surface area contributed by atoms with Gasteiger partial charge in [0.15, 0.2) is 0 Å². The van der Waals surface area contributed by atoms with Crippen molar-refractivity contribution < 1.29 is 9.90 Å². The SMILES string of the molecule is Cc1nc(-c2ccc(Cl)cc2)c(C#N)cc1C(=O)O. The van der Waals surface area contributed by atoms with Gasteiger partial charge >= 0.3 is 5.97 Å². The first-order valence-corrected chi connectivity index (χ1v) is 5.81. The number of hydrogen-bond donors (Lipinski definition) is 1. The first-order chi connectivity index (χ1) is 9.02. The number of pyridine rings is 1. The number of aromatic nitrogens is 1. The fourth-order valence-corrected chi connectivity index (χ4v) is 1.86. The number of halogens is 1. The summed E-state index contributed by atoms with van der Waals surface area (Å²) in [5.41, 5.74) is 1.82. The van der Waals surface area contributed by atoms with E-state index in [9.17, 15) is 4.79 Å². The molecule has 2 rings (SSSR count). The zero-order valence-electron chi connectivity index (χ0n) is 10.0. The Bertz CT molecular complexity index is 688. The Balaban J connectivity index is 2.64. The Hall–Kier alpha value is -2.38. The van der Waals surface area contributed by atoms with Crippen molar-refractivity contribution in [2.24, 2.45) is 0 Å². The summed E-state index contributed by atoms with van der Waals surface area (Å²) in [6, 6.07) is 10.2. The van der Waals surface area contributed by atoms with Crippen molar-refractivity contribution >= 4 is 17.6 Å². The fourth-order valence-electron chi connectivity index (χ4n) is 1.73. The van der Waals surface area contributed by atoms with Crippen LogP contribution < -0.4 is 0 Å². The second kappa shape index (κ2) is 5.09. The Morgan fingerprint density at radius 1 is 1.37 bits per heavy atom. The van der Waals surface area contributed by atoms with Gasteiger partial charge in [0.2, 0.25) is 0 Å². The maximum atomic E-state index is 11.0. The first kappa shape index (κ1) is 13.1. The molecule has 0 saturated heterocycles. The highest BCUT2D eigenvalue weighted by molar-refractivity contribution is 6.30. The topological polar surface area (TPSA) is 74.0 Å². The summed E-state index contributed by atoms with van der Waals surface area (Å²) < 4.78 is 0. The van der Waals surface area contributed by atoms with Crippen LogP contribution in [0.15, 0.2) is 30.3 Å². The maximum absolute atomic E-state index is 11.0. The van der Waals surface area contributed by atoms with E-state index < -0.39 is 5.97 Å². The minimum atomic E-state index is -1.09. The fraction of sp³-hybridized carbons (Fsp3) is 0.0714. The van der Waals surface area contributed by atoms with E-state index in [0.717, 1.165) is 5.56 Å². The van der Waals surface area contributed by atoms with E-state index in [2.05, 4.69) is 4.98 Å². The molecule has 0 saturated carbocycles. The van der Waals surface area contributed by atoms with Gasteiger partial charge in [-0.15, -0.1) is 0 Å². The molecule has 0 atom stereocenters. The van der Waals surface area contributed by atoms with Crippen molar-refractivity contribution in [1.82, 2.24) is 4.98 Å². The highest BCUT2D eigenvalue weighted by Crippen LogP contribution is 2.25. The van der Waals surface area contributed by atoms with Gasteiger partial charge in [0.1, 0.15) is 6.07 Å². The number of nitrogens with zero attached hydrogens (tertiary/aromatic N) is 2. The van der Waals surface area contributed by atoms with Gasteiger partial charge in [-0.2, -0.15) is 5.26 Å². The number of nitriles is 1. The molecular weight excluding hydrogens is 264 g/mol. The third kappa shape index (κ3) is 2.56. The summed E-state index contributed by atoms with van der Waals surface area (Å²) in [6.45, 7) is 1.60. The molecular formula is C14H9ClN2O2. The Morgan fingerprint density at radius 3 is 2.53 bits per heavy atom. The van der Waals surface area contributed by atoms with E-state index in [1.54, 1.807) is 31.2 Å². The summed E-state index contributed by atoms with van der Waals surface area (Å²) in [6.07, 6.45) is 0. The van der Waals surface area contributed by atoms with Crippen LogP contribution in [0, 0.1) is 18.3 Å². The molecule has 0 aliphatic rings. The highest BCUT2D eigenvalue weighted by Gasteiger charge is 2.15. The van der Waals surface area contributed by atoms with Gasteiger partial charge in [0.05, 0.1) is 22.5 Å². The molecule has 1 heterocycles. The van der Waals surface area contributed by atoms with Crippen molar-refractivity contribution in [3.05, 3.63) is 52.2 Å². The van der Waals surface area contributed by atoms with Crippen molar-refractivity contribution in [3.63, 3.8) is 0 Å². The third-order valence-electron chi connectivity index (χ3n) is 2.68. The lowest BCUT2D eigenvalue weighted by Gasteiger charge is -2.07. The van der Waals surface area contributed by atoms with E-state index >= 15 is 0 Å². The lowest BCUT2D eigenvalue weighted by Crippen LogP contribution is -2.04. The minimum absolute atomic E-state index is 0.0364. The number of aryl methyl sites for hydroxylation is 1. The summed E-state index contributed by atoms with van der Waals surface area (Å²) in [5.74, 6) is -1.09. The molecule has 0 radical (unpaired) electrons. The second-order valence-electron chi connectivity index (χ2n) is 3.94. The number of carbonyl (C=O) groups is 1. The van der Waals surface area contributed by atoms with Gasteiger partial charge < -0.3 is 5.11 Å². The van der Waals surface area contributed by atoms with Crippen LogP contribution >= 0.6 is 11.6 Å². The number of aromatic carboxylic acids is 1. The van der Waals surface area contributed by atoms with E-state index in [0.29, 0.717) is 16.4 Å². The number of rotatable bonds is 2. The monoisotopic (exact) mass is 272 g/mol. The second-order valence-corrected chi connectivity index (χ2v) is 4.38. The lowest BCUT2D eigenvalue weighted by molar-refractivity contribution is 0.0695. The summed E-state index contributed by atoms with van der Waals surface area (Å²) in [5, 5.41) is 18.7. The predicted molar refractivity (Wildman–Crippen MR) is 71.1 cm³/mol. The smallest absolute Gasteiger partial charge is 0.337 e. The molecule has 19 heavy (non-hydrogen) atoms. The summed E-state index contributed by atoms with van der Waals surface area (Å²) >= 11 is 5.81. The summed E-state index contributed by atoms with van der Waals surface area (Å²) in [7, 11) is 0. The normalized spacial score (nSPS) is 9.95. The van der Waals surface area contributed by atoms with Gasteiger partial charge in [-0.25, -0.2) is 4.79 Å². The first-order valence-electron chi connectivity index (χ1n) is 5.44. The van der Waals surface area contributed by atoms with Crippen LogP contribution in [-0.2, 0) is 0 Å². The number of carboxylic acid groups (broad SMARTS) is 1. The van der Waals surface area contributed by atoms with Crippen LogP contribution in [0.2, 0.25) is 5.02 Å². The highest BCUT2D eigenvalue weighted by atomic mass is 35.5. The molecule has 5 heteroatoms. The number of benzene rings is 1. The van der Waals surface area contributed by atoms with Crippen molar-refractivity contribution in [1.29, 1.82) is 5.26 Å². The van der Waals surface area contributed by atoms with Crippen molar-refractivity contribution in [2.45, 2.75) is 6.92 Å². The predicted octanol–water partition coefficient (Wildman–Crippen LogP) is 3.28. The average molecular weight is 273 g/mol. The lowest BCUT2D eigenvalue weighted by atomic mass is 10.0. The molecule has 1 aromatic carbocycles. The molecule has 0 fully saturated rings. The molecule has 0 unspecified atom stereocenters. The third-order valence-corrected chi connectivity index (χ3v) is 2.93. The average Bonchev–Trinajstić information content (AvgIpc) is 2.39. The van der Waals surface area contributed by atoms with Crippen LogP contribution in [0.3, 0.4) is 0 Å². The van der Waals surface area contributed by atoms with Gasteiger partial charge in [-0.3, -0.25) is 4.98 Å². The van der Waals surface area contributed by atoms with Gasteiger partial charge in [0.25, 0.3) is 0 Å². The van der Waals surface area contributed by atoms with Gasteiger partial charge in [0, 0.05) is 10.6 Å². The Morgan fingerprint density at radius 2 is 2.00 bits per heavy atom. The van der Waals surface area contributed by atoms with Crippen LogP contribution in [0.1, 0.15) is 21.6 Å². The molecule has 0 amide bonds. The van der Waals surface area contributed by atoms with E-state index in [1.807, 2.05) is 6.07 Å². The van der Waals surface area contributed by atoms with Gasteiger partial charge in [-0.1, -0.05) is 23.7 Å². The largest absolute Gasteiger partial charge is 0.478 e. The molecule has 0 spiro atoms. The van der Waals surface area contributed by atoms with Crippen LogP contribution in [0.4, 0.5) is 0 Å². The van der Waals surface area contributed by atoms with Crippen LogP contribution in [0.5, 0.6) is 0 Å². The molecule has 4 nitrogen and oxygen atoms in total. The van der Waals surface area contributed by atoms with Gasteiger partial charge in [-0.05, 0) is 25.1 Å². The molecule has 0 aliphatic heterocycles. The standard InChI is InChI=1S/C14H9ClN2O2/c1-8-12(14(18)19)6-10(7-16)13(17-8)9-2-4-11(15)5-3-9/h2-6H,1H3,(H,18,19). The van der Waals surface area contributed by atoms with Crippen LogP contribution in [0.25, 0.3) is 11.3 Å².